The van der Waals surface area contributed by atoms with Crippen LogP contribution in [0.3, 0.4) is 0 Å². The second-order valence-electron chi connectivity index (χ2n) is 9.44. The van der Waals surface area contributed by atoms with Crippen molar-refractivity contribution in [1.82, 2.24) is 26.7 Å². The first-order valence-electron chi connectivity index (χ1n) is 12.0. The first-order chi connectivity index (χ1) is 18.3. The van der Waals surface area contributed by atoms with Gasteiger partial charge in [-0.3, -0.25) is 24.6 Å². The van der Waals surface area contributed by atoms with Gasteiger partial charge >= 0.3 is 6.09 Å². The molecule has 0 heterocycles. The van der Waals surface area contributed by atoms with E-state index in [4.69, 9.17) is 10.6 Å². The number of nitrogens with two attached hydrogens (primary N) is 1. The number of thioether (sulfide) groups is 1. The molecule has 9 N–H and O–H groups in total. The molecule has 1 rings (SSSR count). The number of benzene rings is 1. The maximum atomic E-state index is 13.1. The number of carbonyl (C=O) groups is 5. The van der Waals surface area contributed by atoms with Gasteiger partial charge in [0.05, 0.1) is 6.61 Å². The molecule has 3 atom stereocenters. The van der Waals surface area contributed by atoms with Crippen molar-refractivity contribution < 1.29 is 38.9 Å². The second-order valence-corrected chi connectivity index (χ2v) is 10.4. The van der Waals surface area contributed by atoms with Crippen LogP contribution in [-0.2, 0) is 30.3 Å². The molecule has 0 saturated heterocycles. The number of aliphatic hydroxyl groups is 1. The van der Waals surface area contributed by atoms with Gasteiger partial charge in [-0.05, 0) is 56.9 Å². The summed E-state index contributed by atoms with van der Waals surface area (Å²) in [4.78, 5) is 62.3. The van der Waals surface area contributed by atoms with Crippen LogP contribution in [0.4, 0.5) is 4.79 Å². The fourth-order valence-corrected chi connectivity index (χ4v) is 3.60. The summed E-state index contributed by atoms with van der Waals surface area (Å²) >= 11 is 1.45. The lowest BCUT2D eigenvalue weighted by Crippen LogP contribution is -2.59. The largest absolute Gasteiger partial charge is 0.508 e. The number of aliphatic hydroxyl groups excluding tert-OH is 1. The molecule has 0 bridgehead atoms. The Bertz CT molecular complexity index is 986. The van der Waals surface area contributed by atoms with Crippen molar-refractivity contribution >= 4 is 41.5 Å². The minimum atomic E-state index is -1.45. The van der Waals surface area contributed by atoms with Gasteiger partial charge in [-0.1, -0.05) is 12.1 Å². The number of hydrazine groups is 1. The van der Waals surface area contributed by atoms with Crippen LogP contribution >= 0.6 is 11.8 Å². The molecule has 15 heteroatoms. The first-order valence-corrected chi connectivity index (χ1v) is 13.4. The van der Waals surface area contributed by atoms with Crippen molar-refractivity contribution in [2.75, 3.05) is 25.2 Å². The molecule has 0 aliphatic carbocycles. The summed E-state index contributed by atoms with van der Waals surface area (Å²) in [5.74, 6) is 2.71. The summed E-state index contributed by atoms with van der Waals surface area (Å²) in [6.07, 6.45) is 1.20. The molecule has 0 aromatic heterocycles. The standard InChI is InChI=1S/C24H38N6O8S/c1-24(2,3)38-23(37)26-12-19(33)27-17(11-14-5-7-15(32)8-6-14)20(34)29-18(13-31)21(35)28-16(9-10-39-4)22(36)30-25/h5-8,16-18,31-32H,9-13,25H2,1-4H3,(H,26,37)(H,27,33)(H,28,35)(H,29,34)(H,30,36)/t16-,17-,18-/m0/s1. The van der Waals surface area contributed by atoms with Crippen LogP contribution in [0.15, 0.2) is 24.3 Å². The summed E-state index contributed by atoms with van der Waals surface area (Å²) in [5.41, 5.74) is 1.75. The molecule has 0 spiro atoms. The fourth-order valence-electron chi connectivity index (χ4n) is 3.13. The zero-order valence-corrected chi connectivity index (χ0v) is 23.2. The highest BCUT2D eigenvalue weighted by Gasteiger charge is 2.29. The number of rotatable bonds is 14. The van der Waals surface area contributed by atoms with Crippen LogP contribution in [0.25, 0.3) is 0 Å². The summed E-state index contributed by atoms with van der Waals surface area (Å²) < 4.78 is 5.08. The van der Waals surface area contributed by atoms with Crippen molar-refractivity contribution in [2.24, 2.45) is 5.84 Å². The molecule has 0 aliphatic heterocycles. The number of amides is 5. The number of phenols is 1. The van der Waals surface area contributed by atoms with Gasteiger partial charge in [0, 0.05) is 6.42 Å². The SMILES string of the molecule is CSCC[C@H](NC(=O)[C@H](CO)NC(=O)[C@H](Cc1ccc(O)cc1)NC(=O)CNC(=O)OC(C)(C)C)C(=O)NN. The number of ether oxygens (including phenoxy) is 1. The van der Waals surface area contributed by atoms with E-state index in [0.29, 0.717) is 11.3 Å². The normalized spacial score (nSPS) is 13.3. The lowest BCUT2D eigenvalue weighted by Gasteiger charge is -2.24. The van der Waals surface area contributed by atoms with Gasteiger partial charge in [-0.15, -0.1) is 0 Å². The number of aromatic hydroxyl groups is 1. The van der Waals surface area contributed by atoms with Crippen LogP contribution in [0.1, 0.15) is 32.8 Å². The summed E-state index contributed by atoms with van der Waals surface area (Å²) in [5, 5.41) is 28.9. The van der Waals surface area contributed by atoms with Crippen LogP contribution in [0, 0.1) is 0 Å². The molecule has 5 amide bonds. The number of hydrogen-bond acceptors (Lipinski definition) is 10. The van der Waals surface area contributed by atoms with Crippen LogP contribution in [0.2, 0.25) is 0 Å². The third kappa shape index (κ3) is 13.2. The lowest BCUT2D eigenvalue weighted by molar-refractivity contribution is -0.134. The van der Waals surface area contributed by atoms with E-state index in [1.807, 2.05) is 11.7 Å². The Labute approximate surface area is 231 Å². The van der Waals surface area contributed by atoms with E-state index in [0.717, 1.165) is 0 Å². The number of carbonyl (C=O) groups excluding carboxylic acids is 5. The highest BCUT2D eigenvalue weighted by atomic mass is 32.2. The predicted octanol–water partition coefficient (Wildman–Crippen LogP) is -1.35. The van der Waals surface area contributed by atoms with E-state index >= 15 is 0 Å². The molecule has 0 saturated carbocycles. The molecule has 218 valence electrons. The second kappa shape index (κ2) is 16.4. The maximum absolute atomic E-state index is 13.1. The van der Waals surface area contributed by atoms with Gasteiger partial charge in [-0.25, -0.2) is 10.6 Å². The van der Waals surface area contributed by atoms with E-state index in [9.17, 15) is 34.2 Å². The molecule has 0 aliphatic rings. The van der Waals surface area contributed by atoms with Crippen molar-refractivity contribution in [3.05, 3.63) is 29.8 Å². The summed E-state index contributed by atoms with van der Waals surface area (Å²) in [6.45, 7) is 3.68. The minimum Gasteiger partial charge on any atom is -0.508 e. The van der Waals surface area contributed by atoms with E-state index in [1.165, 1.54) is 23.9 Å². The third-order valence-corrected chi connectivity index (χ3v) is 5.67. The molecule has 14 nitrogen and oxygen atoms in total. The Hall–Kier alpha value is -3.56. The van der Waals surface area contributed by atoms with E-state index in [2.05, 4.69) is 21.3 Å². The predicted molar refractivity (Wildman–Crippen MR) is 144 cm³/mol. The van der Waals surface area contributed by atoms with Gasteiger partial charge < -0.3 is 36.2 Å². The van der Waals surface area contributed by atoms with Gasteiger partial charge in [0.25, 0.3) is 5.91 Å². The Morgan fingerprint density at radius 1 is 0.949 bits per heavy atom. The number of alkyl carbamates (subject to hydrolysis) is 1. The Morgan fingerprint density at radius 3 is 2.08 bits per heavy atom. The fraction of sp³-hybridized carbons (Fsp3) is 0.542. The zero-order valence-electron chi connectivity index (χ0n) is 22.4. The Morgan fingerprint density at radius 2 is 1.54 bits per heavy atom. The topological polar surface area (TPSA) is 221 Å². The average Bonchev–Trinajstić information content (AvgIpc) is 2.87. The highest BCUT2D eigenvalue weighted by molar-refractivity contribution is 7.98. The molecular formula is C24H38N6O8S. The Balaban J connectivity index is 2.97. The van der Waals surface area contributed by atoms with Crippen LogP contribution in [0.5, 0.6) is 5.75 Å². The molecule has 39 heavy (non-hydrogen) atoms. The summed E-state index contributed by atoms with van der Waals surface area (Å²) in [6, 6.07) is 2.21. The Kier molecular flexibility index (Phi) is 14.1. The molecular weight excluding hydrogens is 532 g/mol. The van der Waals surface area contributed by atoms with Gasteiger partial charge in [0.1, 0.15) is 36.0 Å². The van der Waals surface area contributed by atoms with E-state index in [1.54, 1.807) is 32.9 Å². The van der Waals surface area contributed by atoms with Gasteiger partial charge in [0.15, 0.2) is 0 Å². The molecule has 0 radical (unpaired) electrons. The van der Waals surface area contributed by atoms with E-state index in [-0.39, 0.29) is 18.6 Å². The first kappa shape index (κ1) is 33.5. The van der Waals surface area contributed by atoms with Crippen molar-refractivity contribution in [1.29, 1.82) is 0 Å². The number of phenolic OH excluding ortho intramolecular Hbond substituents is 1. The summed E-state index contributed by atoms with van der Waals surface area (Å²) in [7, 11) is 0. The van der Waals surface area contributed by atoms with Crippen LogP contribution in [-0.4, -0.2) is 88.8 Å². The zero-order chi connectivity index (χ0) is 29.6. The number of hydrogen-bond donors (Lipinski definition) is 8. The number of nitrogens with one attached hydrogen (secondary N) is 5. The van der Waals surface area contributed by atoms with Crippen molar-refractivity contribution in [3.8, 4) is 5.75 Å². The smallest absolute Gasteiger partial charge is 0.408 e. The third-order valence-electron chi connectivity index (χ3n) is 5.02. The van der Waals surface area contributed by atoms with Crippen molar-refractivity contribution in [3.63, 3.8) is 0 Å². The van der Waals surface area contributed by atoms with Crippen LogP contribution < -0.4 is 32.5 Å². The average molecular weight is 571 g/mol. The van der Waals surface area contributed by atoms with E-state index < -0.39 is 66.6 Å². The maximum Gasteiger partial charge on any atom is 0.408 e. The molecule has 1 aromatic rings. The molecule has 1 aromatic carbocycles. The molecule has 0 fully saturated rings. The van der Waals surface area contributed by atoms with Gasteiger partial charge in [0.2, 0.25) is 17.7 Å². The minimum absolute atomic E-state index is 0.0000863. The monoisotopic (exact) mass is 570 g/mol. The quantitative estimate of drug-likeness (QED) is 0.0746. The highest BCUT2D eigenvalue weighted by Crippen LogP contribution is 2.12. The lowest BCUT2D eigenvalue weighted by atomic mass is 10.0. The van der Waals surface area contributed by atoms with Gasteiger partial charge in [-0.2, -0.15) is 11.8 Å². The van der Waals surface area contributed by atoms with Crippen molar-refractivity contribution in [2.45, 2.75) is 57.3 Å². The molecule has 0 unspecified atom stereocenters.